The Bertz CT molecular complexity index is 1140. The minimum Gasteiger partial charge on any atom is -0.361 e. The molecule has 12 nitrogen and oxygen atoms in total. The van der Waals surface area contributed by atoms with Gasteiger partial charge in [-0.15, -0.1) is 0 Å². The van der Waals surface area contributed by atoms with Crippen molar-refractivity contribution in [1.29, 1.82) is 0 Å². The Labute approximate surface area is 167 Å². The second-order valence-corrected chi connectivity index (χ2v) is 6.41. The zero-order chi connectivity index (χ0) is 21.3. The predicted molar refractivity (Wildman–Crippen MR) is 100 cm³/mol. The largest absolute Gasteiger partial charge is 0.390 e. The molecule has 0 aliphatic rings. The lowest BCUT2D eigenvalue weighted by Crippen LogP contribution is -2.17. The Balaban J connectivity index is 1.90. The summed E-state index contributed by atoms with van der Waals surface area (Å²) in [7, 11) is 0. The fourth-order valence-electron chi connectivity index (χ4n) is 2.55. The standard InChI is InChI=1S/C16H13ClN6O6/c1-8-5-14(23(27)28)19-21(8)7-11-9(2)29-20-15(11)16(24)18-13-6-10(22(25)26)3-4-12(13)17/h3-6H,7H2,1-2H3,(H,18,24). The zero-order valence-electron chi connectivity index (χ0n) is 15.1. The van der Waals surface area contributed by atoms with Gasteiger partial charge in [-0.2, -0.15) is 4.68 Å². The van der Waals surface area contributed by atoms with Crippen molar-refractivity contribution in [1.82, 2.24) is 14.9 Å². The normalized spacial score (nSPS) is 10.7. The fraction of sp³-hybridized carbons (Fsp3) is 0.188. The van der Waals surface area contributed by atoms with Crippen LogP contribution in [0.2, 0.25) is 5.02 Å². The van der Waals surface area contributed by atoms with E-state index in [1.165, 1.54) is 22.9 Å². The van der Waals surface area contributed by atoms with Crippen LogP contribution in [0.5, 0.6) is 0 Å². The molecule has 0 saturated carbocycles. The van der Waals surface area contributed by atoms with E-state index in [9.17, 15) is 25.0 Å². The predicted octanol–water partition coefficient (Wildman–Crippen LogP) is 3.26. The first kappa shape index (κ1) is 19.9. The summed E-state index contributed by atoms with van der Waals surface area (Å²) in [6.07, 6.45) is 0. The molecule has 0 spiro atoms. The van der Waals surface area contributed by atoms with Crippen molar-refractivity contribution in [2.75, 3.05) is 5.32 Å². The van der Waals surface area contributed by atoms with Crippen LogP contribution >= 0.6 is 11.6 Å². The number of carbonyl (C=O) groups excluding carboxylic acids is 1. The molecule has 13 heteroatoms. The van der Waals surface area contributed by atoms with Gasteiger partial charge in [0, 0.05) is 12.1 Å². The third-order valence-electron chi connectivity index (χ3n) is 4.07. The maximum absolute atomic E-state index is 12.7. The summed E-state index contributed by atoms with van der Waals surface area (Å²) in [5, 5.41) is 32.0. The molecule has 2 aromatic heterocycles. The van der Waals surface area contributed by atoms with Crippen molar-refractivity contribution in [2.24, 2.45) is 0 Å². The number of non-ortho nitro benzene ring substituents is 1. The molecule has 150 valence electrons. The minimum absolute atomic E-state index is 0.000426. The van der Waals surface area contributed by atoms with Crippen LogP contribution in [0.15, 0.2) is 28.8 Å². The number of rotatable bonds is 6. The third kappa shape index (κ3) is 4.06. The van der Waals surface area contributed by atoms with Crippen molar-refractivity contribution in [2.45, 2.75) is 20.4 Å². The van der Waals surface area contributed by atoms with Gasteiger partial charge in [0.15, 0.2) is 5.69 Å². The van der Waals surface area contributed by atoms with Gasteiger partial charge in [0.2, 0.25) is 0 Å². The molecular formula is C16H13ClN6O6. The van der Waals surface area contributed by atoms with E-state index in [1.54, 1.807) is 13.8 Å². The number of carbonyl (C=O) groups is 1. The number of aromatic nitrogens is 3. The summed E-state index contributed by atoms with van der Waals surface area (Å²) >= 11 is 6.00. The Morgan fingerprint density at radius 3 is 2.59 bits per heavy atom. The van der Waals surface area contributed by atoms with Crippen molar-refractivity contribution in [3.05, 3.63) is 72.2 Å². The van der Waals surface area contributed by atoms with E-state index in [-0.39, 0.29) is 34.5 Å². The lowest BCUT2D eigenvalue weighted by Gasteiger charge is -2.07. The van der Waals surface area contributed by atoms with Crippen LogP contribution in [0, 0.1) is 34.1 Å². The Morgan fingerprint density at radius 1 is 1.24 bits per heavy atom. The summed E-state index contributed by atoms with van der Waals surface area (Å²) in [5.41, 5.74) is 0.544. The first-order chi connectivity index (χ1) is 13.7. The highest BCUT2D eigenvalue weighted by atomic mass is 35.5. The summed E-state index contributed by atoms with van der Waals surface area (Å²) in [6.45, 7) is 3.21. The van der Waals surface area contributed by atoms with Gasteiger partial charge in [0.05, 0.1) is 44.6 Å². The monoisotopic (exact) mass is 420 g/mol. The molecule has 1 aromatic carbocycles. The van der Waals surface area contributed by atoms with E-state index in [1.807, 2.05) is 0 Å². The quantitative estimate of drug-likeness (QED) is 0.469. The van der Waals surface area contributed by atoms with Gasteiger partial charge in [0.1, 0.15) is 5.76 Å². The maximum atomic E-state index is 12.7. The molecule has 1 N–H and O–H groups in total. The molecular weight excluding hydrogens is 408 g/mol. The van der Waals surface area contributed by atoms with Gasteiger partial charge in [-0.25, -0.2) is 0 Å². The Kier molecular flexibility index (Phi) is 5.28. The average Bonchev–Trinajstić information content (AvgIpc) is 3.20. The van der Waals surface area contributed by atoms with Gasteiger partial charge < -0.3 is 20.0 Å². The van der Waals surface area contributed by atoms with Gasteiger partial charge in [-0.3, -0.25) is 14.9 Å². The number of anilines is 1. The van der Waals surface area contributed by atoms with Crippen molar-refractivity contribution >= 4 is 34.7 Å². The lowest BCUT2D eigenvalue weighted by atomic mass is 10.1. The number of nitrogens with one attached hydrogen (secondary N) is 1. The number of nitro groups is 2. The van der Waals surface area contributed by atoms with Crippen LogP contribution in [0.25, 0.3) is 0 Å². The molecule has 2 heterocycles. The molecule has 0 fully saturated rings. The van der Waals surface area contributed by atoms with E-state index in [4.69, 9.17) is 16.1 Å². The molecule has 0 saturated heterocycles. The highest BCUT2D eigenvalue weighted by molar-refractivity contribution is 6.34. The Morgan fingerprint density at radius 2 is 1.97 bits per heavy atom. The summed E-state index contributed by atoms with van der Waals surface area (Å²) in [5.74, 6) is -0.720. The summed E-state index contributed by atoms with van der Waals surface area (Å²) < 4.78 is 6.43. The maximum Gasteiger partial charge on any atom is 0.390 e. The zero-order valence-corrected chi connectivity index (χ0v) is 15.8. The topological polar surface area (TPSA) is 159 Å². The first-order valence-corrected chi connectivity index (χ1v) is 8.44. The van der Waals surface area contributed by atoms with Crippen LogP contribution in [0.3, 0.4) is 0 Å². The van der Waals surface area contributed by atoms with Crippen LogP contribution in [0.1, 0.15) is 27.5 Å². The van der Waals surface area contributed by atoms with Gasteiger partial charge >= 0.3 is 5.82 Å². The number of nitrogens with zero attached hydrogens (tertiary/aromatic N) is 5. The van der Waals surface area contributed by atoms with E-state index in [0.29, 0.717) is 17.0 Å². The lowest BCUT2D eigenvalue weighted by molar-refractivity contribution is -0.389. The van der Waals surface area contributed by atoms with Crippen LogP contribution in [-0.2, 0) is 6.54 Å². The molecule has 0 aliphatic carbocycles. The number of nitro benzene ring substituents is 1. The number of aryl methyl sites for hydroxylation is 2. The van der Waals surface area contributed by atoms with Crippen molar-refractivity contribution in [3.8, 4) is 0 Å². The number of amides is 1. The average molecular weight is 421 g/mol. The fourth-order valence-corrected chi connectivity index (χ4v) is 2.72. The van der Waals surface area contributed by atoms with E-state index < -0.39 is 15.8 Å². The van der Waals surface area contributed by atoms with Gasteiger partial charge in [-0.1, -0.05) is 16.8 Å². The summed E-state index contributed by atoms with van der Waals surface area (Å²) in [4.78, 5) is 33.3. The first-order valence-electron chi connectivity index (χ1n) is 8.06. The van der Waals surface area contributed by atoms with Crippen molar-refractivity contribution < 1.29 is 19.2 Å². The molecule has 0 atom stereocenters. The SMILES string of the molecule is Cc1onc(C(=O)Nc2cc([N+](=O)[O-])ccc2Cl)c1Cn1nc([N+](=O)[O-])cc1C. The minimum atomic E-state index is -0.710. The van der Waals surface area contributed by atoms with E-state index in [2.05, 4.69) is 15.6 Å². The number of halogens is 1. The number of hydrogen-bond donors (Lipinski definition) is 1. The molecule has 0 bridgehead atoms. The smallest absolute Gasteiger partial charge is 0.361 e. The van der Waals surface area contributed by atoms with Gasteiger partial charge in [0.25, 0.3) is 11.6 Å². The van der Waals surface area contributed by atoms with Crippen LogP contribution < -0.4 is 5.32 Å². The molecule has 3 rings (SSSR count). The van der Waals surface area contributed by atoms with E-state index in [0.717, 1.165) is 6.07 Å². The highest BCUT2D eigenvalue weighted by Gasteiger charge is 2.24. The highest BCUT2D eigenvalue weighted by Crippen LogP contribution is 2.28. The second-order valence-electron chi connectivity index (χ2n) is 6.00. The number of hydrogen-bond acceptors (Lipinski definition) is 8. The van der Waals surface area contributed by atoms with Crippen LogP contribution in [-0.4, -0.2) is 30.7 Å². The second kappa shape index (κ2) is 7.67. The molecule has 3 aromatic rings. The summed E-state index contributed by atoms with van der Waals surface area (Å²) in [6, 6.07) is 4.91. The van der Waals surface area contributed by atoms with Gasteiger partial charge in [-0.05, 0) is 24.8 Å². The Hall–Kier alpha value is -3.80. The van der Waals surface area contributed by atoms with Crippen molar-refractivity contribution in [3.63, 3.8) is 0 Å². The molecule has 0 radical (unpaired) electrons. The molecule has 0 aliphatic heterocycles. The molecule has 29 heavy (non-hydrogen) atoms. The molecule has 1 amide bonds. The molecule has 0 unspecified atom stereocenters. The third-order valence-corrected chi connectivity index (χ3v) is 4.40. The van der Waals surface area contributed by atoms with E-state index >= 15 is 0 Å². The van der Waals surface area contributed by atoms with Crippen LogP contribution in [0.4, 0.5) is 17.2 Å². The number of benzene rings is 1.